The maximum absolute atomic E-state index is 12.6. The number of furan rings is 1. The number of nitrogens with one attached hydrogen (secondary N) is 2. The van der Waals surface area contributed by atoms with Crippen LogP contribution in [0.5, 0.6) is 0 Å². The number of amides is 1. The van der Waals surface area contributed by atoms with E-state index in [9.17, 15) is 4.79 Å². The van der Waals surface area contributed by atoms with E-state index in [1.54, 1.807) is 12.5 Å². The number of nitrogens with zero attached hydrogens (tertiary/aromatic N) is 4. The van der Waals surface area contributed by atoms with Crippen LogP contribution in [0.15, 0.2) is 76.6 Å². The molecule has 0 saturated heterocycles. The number of aromatic amines is 1. The molecule has 5 rings (SSSR count). The third-order valence-corrected chi connectivity index (χ3v) is 5.95. The molecular weight excluding hydrogens is 424 g/mol. The molecule has 0 fully saturated rings. The average molecular weight is 445 g/mol. The fourth-order valence-corrected chi connectivity index (χ4v) is 4.09. The number of aryl methyl sites for hydroxylation is 1. The van der Waals surface area contributed by atoms with Gasteiger partial charge in [0.05, 0.1) is 30.3 Å². The van der Waals surface area contributed by atoms with Gasteiger partial charge in [-0.05, 0) is 37.3 Å². The highest BCUT2D eigenvalue weighted by atomic mass is 32.2. The Labute approximate surface area is 188 Å². The van der Waals surface area contributed by atoms with Gasteiger partial charge in [-0.15, -0.1) is 10.2 Å². The second-order valence-corrected chi connectivity index (χ2v) is 8.29. The summed E-state index contributed by atoms with van der Waals surface area (Å²) in [5, 5.41) is 20.2. The summed E-state index contributed by atoms with van der Waals surface area (Å²) in [6, 6.07) is 17.5. The van der Waals surface area contributed by atoms with Crippen LogP contribution in [0.1, 0.15) is 11.3 Å². The highest BCUT2D eigenvalue weighted by Gasteiger charge is 2.17. The van der Waals surface area contributed by atoms with Gasteiger partial charge in [-0.1, -0.05) is 41.6 Å². The summed E-state index contributed by atoms with van der Waals surface area (Å²) in [5.41, 5.74) is 3.71. The Hall–Kier alpha value is -3.85. The van der Waals surface area contributed by atoms with E-state index in [2.05, 4.69) is 25.7 Å². The zero-order valence-electron chi connectivity index (χ0n) is 17.3. The molecule has 9 heteroatoms. The molecule has 3 aromatic heterocycles. The summed E-state index contributed by atoms with van der Waals surface area (Å²) >= 11 is 1.34. The zero-order chi connectivity index (χ0) is 21.9. The molecule has 1 amide bonds. The predicted molar refractivity (Wildman–Crippen MR) is 123 cm³/mol. The standard InChI is InChI=1S/C23H20N6O2S/c1-15-4-6-16(7-5-15)22-27-28-23(29(22)13-19-3-2-10-31-19)32-14-21(30)25-18-9-8-17-12-24-26-20(17)11-18/h2-12H,13-14H2,1H3,(H,24,26)(H,25,30). The Balaban J connectivity index is 1.34. The van der Waals surface area contributed by atoms with Crippen molar-refractivity contribution >= 4 is 34.3 Å². The first kappa shape index (κ1) is 20.1. The van der Waals surface area contributed by atoms with E-state index in [1.807, 2.05) is 66.1 Å². The van der Waals surface area contributed by atoms with Crippen LogP contribution < -0.4 is 5.32 Å². The highest BCUT2D eigenvalue weighted by Crippen LogP contribution is 2.26. The maximum atomic E-state index is 12.6. The van der Waals surface area contributed by atoms with Gasteiger partial charge in [0.25, 0.3) is 0 Å². The van der Waals surface area contributed by atoms with Gasteiger partial charge in [-0.3, -0.25) is 14.5 Å². The molecule has 0 spiro atoms. The molecule has 160 valence electrons. The molecule has 2 aromatic carbocycles. The van der Waals surface area contributed by atoms with E-state index < -0.39 is 0 Å². The fraction of sp³-hybridized carbons (Fsp3) is 0.130. The minimum Gasteiger partial charge on any atom is -0.467 e. The molecule has 0 unspecified atom stereocenters. The lowest BCUT2D eigenvalue weighted by molar-refractivity contribution is -0.113. The Morgan fingerprint density at radius 1 is 1.16 bits per heavy atom. The molecule has 5 aromatic rings. The number of hydrogen-bond acceptors (Lipinski definition) is 6. The van der Waals surface area contributed by atoms with Crippen LogP contribution in [0.3, 0.4) is 0 Å². The van der Waals surface area contributed by atoms with E-state index in [1.165, 1.54) is 17.3 Å². The number of thioether (sulfide) groups is 1. The number of rotatable bonds is 7. The van der Waals surface area contributed by atoms with Crippen molar-refractivity contribution in [2.24, 2.45) is 0 Å². The van der Waals surface area contributed by atoms with Gasteiger partial charge in [0.15, 0.2) is 11.0 Å². The van der Waals surface area contributed by atoms with Gasteiger partial charge in [-0.2, -0.15) is 5.10 Å². The smallest absolute Gasteiger partial charge is 0.234 e. The van der Waals surface area contributed by atoms with E-state index in [4.69, 9.17) is 4.42 Å². The quantitative estimate of drug-likeness (QED) is 0.358. The van der Waals surface area contributed by atoms with Crippen molar-refractivity contribution in [1.82, 2.24) is 25.0 Å². The Bertz CT molecular complexity index is 1360. The van der Waals surface area contributed by atoms with Crippen molar-refractivity contribution in [3.05, 3.63) is 78.4 Å². The van der Waals surface area contributed by atoms with E-state index in [-0.39, 0.29) is 11.7 Å². The van der Waals surface area contributed by atoms with Crippen LogP contribution >= 0.6 is 11.8 Å². The minimum absolute atomic E-state index is 0.127. The largest absolute Gasteiger partial charge is 0.467 e. The van der Waals surface area contributed by atoms with Crippen molar-refractivity contribution in [3.63, 3.8) is 0 Å². The minimum atomic E-state index is -0.127. The number of carbonyl (C=O) groups excluding carboxylic acids is 1. The van der Waals surface area contributed by atoms with Crippen molar-refractivity contribution in [3.8, 4) is 11.4 Å². The number of benzene rings is 2. The number of hydrogen-bond donors (Lipinski definition) is 2. The van der Waals surface area contributed by atoms with Crippen LogP contribution in [0.4, 0.5) is 5.69 Å². The molecule has 0 bridgehead atoms. The molecule has 2 N–H and O–H groups in total. The lowest BCUT2D eigenvalue weighted by Gasteiger charge is -2.09. The molecule has 0 saturated carbocycles. The molecule has 0 aliphatic carbocycles. The monoisotopic (exact) mass is 444 g/mol. The lowest BCUT2D eigenvalue weighted by Crippen LogP contribution is -2.14. The number of aromatic nitrogens is 5. The molecule has 0 aliphatic heterocycles. The average Bonchev–Trinajstić information content (AvgIpc) is 3.54. The van der Waals surface area contributed by atoms with Crippen molar-refractivity contribution < 1.29 is 9.21 Å². The molecular formula is C23H20N6O2S. The third kappa shape index (κ3) is 4.28. The maximum Gasteiger partial charge on any atom is 0.234 e. The van der Waals surface area contributed by atoms with Gasteiger partial charge in [0.1, 0.15) is 5.76 Å². The first-order chi connectivity index (χ1) is 15.7. The summed E-state index contributed by atoms with van der Waals surface area (Å²) in [6.45, 7) is 2.52. The number of fused-ring (bicyclic) bond motifs is 1. The van der Waals surface area contributed by atoms with Crippen LogP contribution in [0.2, 0.25) is 0 Å². The van der Waals surface area contributed by atoms with Gasteiger partial charge < -0.3 is 9.73 Å². The summed E-state index contributed by atoms with van der Waals surface area (Å²) in [6.07, 6.45) is 3.39. The fourth-order valence-electron chi connectivity index (χ4n) is 3.35. The Morgan fingerprint density at radius 2 is 2.03 bits per heavy atom. The summed E-state index contributed by atoms with van der Waals surface area (Å²) in [4.78, 5) is 12.6. The predicted octanol–water partition coefficient (Wildman–Crippen LogP) is 4.50. The summed E-state index contributed by atoms with van der Waals surface area (Å²) < 4.78 is 7.50. The summed E-state index contributed by atoms with van der Waals surface area (Å²) in [5.74, 6) is 1.59. The van der Waals surface area contributed by atoms with Gasteiger partial charge in [0.2, 0.25) is 5.91 Å². The molecule has 0 atom stereocenters. The normalized spacial score (nSPS) is 11.2. The summed E-state index contributed by atoms with van der Waals surface area (Å²) in [7, 11) is 0. The van der Waals surface area contributed by atoms with Crippen molar-refractivity contribution in [2.75, 3.05) is 11.1 Å². The van der Waals surface area contributed by atoms with Crippen LogP contribution in [-0.2, 0) is 11.3 Å². The second-order valence-electron chi connectivity index (χ2n) is 7.35. The number of H-pyrrole nitrogens is 1. The molecule has 32 heavy (non-hydrogen) atoms. The third-order valence-electron chi connectivity index (χ3n) is 4.98. The highest BCUT2D eigenvalue weighted by molar-refractivity contribution is 7.99. The zero-order valence-corrected chi connectivity index (χ0v) is 18.1. The molecule has 0 aliphatic rings. The molecule has 3 heterocycles. The van der Waals surface area contributed by atoms with Gasteiger partial charge in [0, 0.05) is 16.6 Å². The Morgan fingerprint density at radius 3 is 2.84 bits per heavy atom. The topological polar surface area (TPSA) is 102 Å². The number of carbonyl (C=O) groups is 1. The first-order valence-electron chi connectivity index (χ1n) is 10.0. The van der Waals surface area contributed by atoms with E-state index in [0.29, 0.717) is 17.4 Å². The van der Waals surface area contributed by atoms with Crippen molar-refractivity contribution in [2.45, 2.75) is 18.6 Å². The molecule has 0 radical (unpaired) electrons. The van der Waals surface area contributed by atoms with E-state index in [0.717, 1.165) is 28.1 Å². The van der Waals surface area contributed by atoms with Crippen LogP contribution in [0, 0.1) is 6.92 Å². The van der Waals surface area contributed by atoms with Crippen LogP contribution in [0.25, 0.3) is 22.3 Å². The molecule has 8 nitrogen and oxygen atoms in total. The lowest BCUT2D eigenvalue weighted by atomic mass is 10.1. The van der Waals surface area contributed by atoms with Gasteiger partial charge in [-0.25, -0.2) is 0 Å². The Kier molecular flexibility index (Phi) is 5.47. The second kappa shape index (κ2) is 8.72. The number of anilines is 1. The van der Waals surface area contributed by atoms with Crippen molar-refractivity contribution in [1.29, 1.82) is 0 Å². The first-order valence-corrected chi connectivity index (χ1v) is 11.0. The SMILES string of the molecule is Cc1ccc(-c2nnc(SCC(=O)Nc3ccc4cn[nH]c4c3)n2Cc2ccco2)cc1. The van der Waals surface area contributed by atoms with E-state index >= 15 is 0 Å². The van der Waals surface area contributed by atoms with Crippen LogP contribution in [-0.4, -0.2) is 36.6 Å². The van der Waals surface area contributed by atoms with Gasteiger partial charge >= 0.3 is 0 Å².